The summed E-state index contributed by atoms with van der Waals surface area (Å²) in [5, 5.41) is 3.39. The number of halogens is 2. The lowest BCUT2D eigenvalue weighted by atomic mass is 10.0. The zero-order chi connectivity index (χ0) is 23.0. The van der Waals surface area contributed by atoms with E-state index in [0.717, 1.165) is 4.90 Å². The average molecular weight is 471 g/mol. The lowest BCUT2D eigenvalue weighted by Crippen LogP contribution is -2.34. The number of benzene rings is 2. The van der Waals surface area contributed by atoms with Crippen LogP contribution in [0, 0.1) is 5.92 Å². The maximum absolute atomic E-state index is 13.5. The molecule has 0 saturated heterocycles. The Labute approximate surface area is 195 Å². The number of carbonyl (C=O) groups is 3. The lowest BCUT2D eigenvalue weighted by molar-refractivity contribution is -0.122. The van der Waals surface area contributed by atoms with E-state index in [0.29, 0.717) is 33.5 Å². The number of rotatable bonds is 5. The Morgan fingerprint density at radius 1 is 0.969 bits per heavy atom. The van der Waals surface area contributed by atoms with E-state index < -0.39 is 17.9 Å². The fourth-order valence-electron chi connectivity index (χ4n) is 3.64. The first kappa shape index (κ1) is 22.1. The van der Waals surface area contributed by atoms with Gasteiger partial charge >= 0.3 is 6.09 Å². The molecule has 2 heterocycles. The summed E-state index contributed by atoms with van der Waals surface area (Å²) in [5.74, 6) is -0.869. The molecule has 2 aromatic carbocycles. The second-order valence-electron chi connectivity index (χ2n) is 7.82. The molecule has 0 aromatic heterocycles. The minimum atomic E-state index is -0.855. The Morgan fingerprint density at radius 2 is 1.56 bits per heavy atom. The molecule has 8 heteroatoms. The van der Waals surface area contributed by atoms with Gasteiger partial charge in [-0.05, 0) is 24.5 Å². The van der Waals surface area contributed by atoms with Crippen LogP contribution in [-0.4, -0.2) is 29.4 Å². The van der Waals surface area contributed by atoms with Crippen LogP contribution in [0.25, 0.3) is 11.4 Å². The Bertz CT molecular complexity index is 1200. The number of imide groups is 1. The molecule has 0 radical (unpaired) electrons. The molecule has 0 unspecified atom stereocenters. The van der Waals surface area contributed by atoms with E-state index >= 15 is 0 Å². The van der Waals surface area contributed by atoms with Crippen LogP contribution in [0.3, 0.4) is 0 Å². The number of carbonyl (C=O) groups excluding carboxylic acids is 3. The van der Waals surface area contributed by atoms with Crippen molar-refractivity contribution in [1.82, 2.24) is 10.2 Å². The van der Waals surface area contributed by atoms with Crippen LogP contribution in [0.4, 0.5) is 4.79 Å². The predicted octanol–water partition coefficient (Wildman–Crippen LogP) is 5.27. The highest BCUT2D eigenvalue weighted by atomic mass is 35.5. The fraction of sp³-hybridized carbons (Fsp3) is 0.208. The Morgan fingerprint density at radius 3 is 2.16 bits per heavy atom. The molecule has 4 rings (SSSR count). The molecule has 3 amide bonds. The number of hydrogen-bond donors (Lipinski definition) is 1. The standard InChI is InChI=1S/C24H20Cl2N2O4/c1-13(2)11-12-32-24(31)28-21(15-8-4-6-10-17(15)26)19-18(23(28)30)20(27-22(19)29)14-7-3-5-9-16(14)25/h3-10,13H,11-12H2,1-2H3,(H,27,29). The Kier molecular flexibility index (Phi) is 6.09. The van der Waals surface area contributed by atoms with Crippen LogP contribution in [0.15, 0.2) is 59.7 Å². The molecule has 6 nitrogen and oxygen atoms in total. The molecule has 0 bridgehead atoms. The average Bonchev–Trinajstić information content (AvgIpc) is 3.24. The van der Waals surface area contributed by atoms with E-state index in [-0.39, 0.29) is 29.1 Å². The van der Waals surface area contributed by atoms with Gasteiger partial charge in [-0.1, -0.05) is 73.4 Å². The minimum Gasteiger partial charge on any atom is -0.449 e. The van der Waals surface area contributed by atoms with Crippen molar-refractivity contribution >= 4 is 52.5 Å². The molecule has 2 aromatic rings. The van der Waals surface area contributed by atoms with Crippen molar-refractivity contribution < 1.29 is 19.1 Å². The molecule has 164 valence electrons. The van der Waals surface area contributed by atoms with Gasteiger partial charge in [0, 0.05) is 21.2 Å². The third-order valence-electron chi connectivity index (χ3n) is 5.22. The minimum absolute atomic E-state index is 0.0684. The number of ether oxygens (including phenoxy) is 1. The number of hydrogen-bond acceptors (Lipinski definition) is 4. The summed E-state index contributed by atoms with van der Waals surface area (Å²) in [7, 11) is 0. The van der Waals surface area contributed by atoms with Gasteiger partial charge in [-0.25, -0.2) is 9.69 Å². The van der Waals surface area contributed by atoms with E-state index in [2.05, 4.69) is 5.32 Å². The molecule has 1 N–H and O–H groups in total. The smallest absolute Gasteiger partial charge is 0.421 e. The number of fused-ring (bicyclic) bond motifs is 1. The summed E-state index contributed by atoms with van der Waals surface area (Å²) in [6.45, 7) is 4.15. The van der Waals surface area contributed by atoms with Gasteiger partial charge in [0.1, 0.15) is 0 Å². The first-order valence-electron chi connectivity index (χ1n) is 10.1. The number of amides is 3. The van der Waals surface area contributed by atoms with Crippen LogP contribution in [0.5, 0.6) is 0 Å². The number of nitrogens with one attached hydrogen (secondary N) is 1. The van der Waals surface area contributed by atoms with Gasteiger partial charge < -0.3 is 10.1 Å². The van der Waals surface area contributed by atoms with Gasteiger partial charge in [0.15, 0.2) is 0 Å². The first-order chi connectivity index (χ1) is 15.3. The van der Waals surface area contributed by atoms with Crippen molar-refractivity contribution in [2.45, 2.75) is 20.3 Å². The van der Waals surface area contributed by atoms with E-state index in [9.17, 15) is 14.4 Å². The summed E-state index contributed by atoms with van der Waals surface area (Å²) in [6.07, 6.45) is -0.217. The summed E-state index contributed by atoms with van der Waals surface area (Å²) in [5.41, 5.74) is 1.35. The summed E-state index contributed by atoms with van der Waals surface area (Å²) < 4.78 is 5.37. The van der Waals surface area contributed by atoms with E-state index in [1.54, 1.807) is 48.5 Å². The third-order valence-corrected chi connectivity index (χ3v) is 5.88. The molecular weight excluding hydrogens is 451 g/mol. The molecule has 0 spiro atoms. The molecular formula is C24H20Cl2N2O4. The molecule has 0 aliphatic carbocycles. The second-order valence-corrected chi connectivity index (χ2v) is 8.64. The molecule has 0 saturated carbocycles. The predicted molar refractivity (Wildman–Crippen MR) is 123 cm³/mol. The molecule has 0 atom stereocenters. The van der Waals surface area contributed by atoms with Gasteiger partial charge in [-0.2, -0.15) is 0 Å². The van der Waals surface area contributed by atoms with Crippen molar-refractivity contribution in [3.05, 3.63) is 80.8 Å². The monoisotopic (exact) mass is 470 g/mol. The van der Waals surface area contributed by atoms with Crippen LogP contribution >= 0.6 is 23.2 Å². The van der Waals surface area contributed by atoms with Crippen molar-refractivity contribution in [1.29, 1.82) is 0 Å². The Balaban J connectivity index is 1.89. The normalized spacial score (nSPS) is 15.6. The van der Waals surface area contributed by atoms with Crippen molar-refractivity contribution in [3.8, 4) is 0 Å². The van der Waals surface area contributed by atoms with E-state index in [1.165, 1.54) is 0 Å². The van der Waals surface area contributed by atoms with E-state index in [4.69, 9.17) is 27.9 Å². The second kappa shape index (κ2) is 8.81. The highest BCUT2D eigenvalue weighted by Crippen LogP contribution is 2.45. The topological polar surface area (TPSA) is 75.7 Å². The maximum Gasteiger partial charge on any atom is 0.421 e. The van der Waals surface area contributed by atoms with Gasteiger partial charge in [-0.3, -0.25) is 9.59 Å². The highest BCUT2D eigenvalue weighted by molar-refractivity contribution is 6.38. The zero-order valence-electron chi connectivity index (χ0n) is 17.4. The molecule has 32 heavy (non-hydrogen) atoms. The van der Waals surface area contributed by atoms with Gasteiger partial charge in [0.25, 0.3) is 11.8 Å². The van der Waals surface area contributed by atoms with Crippen LogP contribution in [0.2, 0.25) is 10.0 Å². The van der Waals surface area contributed by atoms with Gasteiger partial charge in [0.05, 0.1) is 29.1 Å². The van der Waals surface area contributed by atoms with Crippen molar-refractivity contribution in [2.75, 3.05) is 6.61 Å². The van der Waals surface area contributed by atoms with Gasteiger partial charge in [0.2, 0.25) is 0 Å². The first-order valence-corrected chi connectivity index (χ1v) is 10.9. The van der Waals surface area contributed by atoms with Crippen LogP contribution in [0.1, 0.15) is 31.4 Å². The molecule has 0 fully saturated rings. The quantitative estimate of drug-likeness (QED) is 0.645. The molecule has 2 aliphatic rings. The summed E-state index contributed by atoms with van der Waals surface area (Å²) >= 11 is 12.7. The van der Waals surface area contributed by atoms with Crippen LogP contribution < -0.4 is 5.32 Å². The largest absolute Gasteiger partial charge is 0.449 e. The fourth-order valence-corrected chi connectivity index (χ4v) is 4.09. The van der Waals surface area contributed by atoms with Crippen molar-refractivity contribution in [2.24, 2.45) is 5.92 Å². The van der Waals surface area contributed by atoms with Crippen molar-refractivity contribution in [3.63, 3.8) is 0 Å². The SMILES string of the molecule is CC(C)CCOC(=O)N1C(=O)C2=C(c3ccccc3Cl)NC(=O)C2=C1c1ccccc1Cl. The van der Waals surface area contributed by atoms with E-state index in [1.807, 2.05) is 13.8 Å². The zero-order valence-corrected chi connectivity index (χ0v) is 19.0. The van der Waals surface area contributed by atoms with Gasteiger partial charge in [-0.15, -0.1) is 0 Å². The third kappa shape index (κ3) is 3.80. The molecule has 2 aliphatic heterocycles. The summed E-state index contributed by atoms with van der Waals surface area (Å²) in [4.78, 5) is 40.4. The van der Waals surface area contributed by atoms with Crippen LogP contribution in [-0.2, 0) is 14.3 Å². The lowest BCUT2D eigenvalue weighted by Gasteiger charge is -2.20. The maximum atomic E-state index is 13.5. The highest BCUT2D eigenvalue weighted by Gasteiger charge is 2.49. The summed E-state index contributed by atoms with van der Waals surface area (Å²) in [6, 6.07) is 13.6. The Hall–Kier alpha value is -3.09. The number of nitrogens with zero attached hydrogens (tertiary/aromatic N) is 1.